The van der Waals surface area contributed by atoms with Crippen LogP contribution < -0.4 is 0 Å². The van der Waals surface area contributed by atoms with Crippen molar-refractivity contribution in [3.63, 3.8) is 0 Å². The van der Waals surface area contributed by atoms with Crippen molar-refractivity contribution < 1.29 is 20.8 Å². The van der Waals surface area contributed by atoms with E-state index < -0.39 is 28.9 Å². The fraction of sp³-hybridized carbons (Fsp3) is 0.500. The number of hydrogen-bond acceptors (Lipinski definition) is 0. The van der Waals surface area contributed by atoms with Gasteiger partial charge in [0, 0.05) is 8.07 Å². The van der Waals surface area contributed by atoms with E-state index in [1.54, 1.807) is 0 Å². The molecule has 0 saturated carbocycles. The molecule has 12 heavy (non-hydrogen) atoms. The van der Waals surface area contributed by atoms with E-state index in [2.05, 4.69) is 37.9 Å². The van der Waals surface area contributed by atoms with Crippen LogP contribution >= 0.6 is 17.0 Å². The average Bonchev–Trinajstić information content (AvgIpc) is 2.36. The molecule has 1 aliphatic carbocycles. The molecule has 1 aliphatic rings. The molecule has 0 aliphatic heterocycles. The Kier molecular flexibility index (Phi) is 7.23. The van der Waals surface area contributed by atoms with E-state index in [1.807, 2.05) is 0 Å². The van der Waals surface area contributed by atoms with Gasteiger partial charge >= 0.3 is 37.9 Å². The molecule has 0 aromatic heterocycles. The number of allylic oxidation sites excluding steroid dienone is 4. The van der Waals surface area contributed by atoms with Gasteiger partial charge in [-0.1, -0.05) is 19.6 Å². The molecule has 68 valence electrons. The average molecular weight is 299 g/mol. The van der Waals surface area contributed by atoms with Crippen LogP contribution in [0.2, 0.25) is 19.6 Å². The fourth-order valence-corrected chi connectivity index (χ4v) is 2.17. The van der Waals surface area contributed by atoms with Crippen molar-refractivity contribution >= 4 is 25.1 Å². The topological polar surface area (TPSA) is 0 Å². The third-order valence-electron chi connectivity index (χ3n) is 1.50. The van der Waals surface area contributed by atoms with Gasteiger partial charge in [-0.05, 0) is 0 Å². The van der Waals surface area contributed by atoms with E-state index in [1.165, 1.54) is 5.20 Å². The Morgan fingerprint density at radius 2 is 1.92 bits per heavy atom. The molecule has 0 radical (unpaired) electrons. The minimum atomic E-state index is -1.01. The van der Waals surface area contributed by atoms with Crippen molar-refractivity contribution in [2.75, 3.05) is 0 Å². The molecule has 0 spiro atoms. The first kappa shape index (κ1) is 13.2. The van der Waals surface area contributed by atoms with Gasteiger partial charge in [0.2, 0.25) is 0 Å². The normalized spacial score (nSPS) is 14.9. The van der Waals surface area contributed by atoms with Crippen LogP contribution in [0.5, 0.6) is 0 Å². The van der Waals surface area contributed by atoms with Gasteiger partial charge in [0.25, 0.3) is 0 Å². The van der Waals surface area contributed by atoms with Crippen molar-refractivity contribution in [3.05, 3.63) is 23.4 Å². The van der Waals surface area contributed by atoms with E-state index in [9.17, 15) is 0 Å². The predicted octanol–water partition coefficient (Wildman–Crippen LogP) is 3.93. The van der Waals surface area contributed by atoms with Crippen LogP contribution in [0, 0.1) is 6.08 Å². The number of halogens is 2. The second-order valence-corrected chi connectivity index (χ2v) is 12.3. The Morgan fingerprint density at radius 1 is 1.42 bits per heavy atom. The van der Waals surface area contributed by atoms with Crippen LogP contribution in [-0.4, -0.2) is 8.07 Å². The molecular weight excluding hydrogens is 286 g/mol. The SMILES string of the molecule is C[Si](C)(C)C1=[C-]CC=C1.[Cl][Zr][Cl]. The maximum absolute atomic E-state index is 4.93. The summed E-state index contributed by atoms with van der Waals surface area (Å²) in [7, 11) is 8.86. The van der Waals surface area contributed by atoms with Crippen molar-refractivity contribution in [1.29, 1.82) is 0 Å². The monoisotopic (exact) mass is 297 g/mol. The Bertz CT molecular complexity index is 182. The maximum atomic E-state index is 4.93. The van der Waals surface area contributed by atoms with Gasteiger partial charge in [0.15, 0.2) is 0 Å². The van der Waals surface area contributed by atoms with Crippen LogP contribution in [0.4, 0.5) is 0 Å². The van der Waals surface area contributed by atoms with Gasteiger partial charge in [-0.2, -0.15) is 6.08 Å². The summed E-state index contributed by atoms with van der Waals surface area (Å²) in [5.41, 5.74) is 0. The van der Waals surface area contributed by atoms with E-state index in [0.29, 0.717) is 0 Å². The van der Waals surface area contributed by atoms with E-state index in [4.69, 9.17) is 17.0 Å². The molecule has 0 amide bonds. The summed E-state index contributed by atoms with van der Waals surface area (Å²) in [6.45, 7) is 7.06. The van der Waals surface area contributed by atoms with Gasteiger partial charge in [-0.3, -0.25) is 6.08 Å². The Hall–Kier alpha value is 1.16. The van der Waals surface area contributed by atoms with Crippen molar-refractivity contribution in [1.82, 2.24) is 0 Å². The Labute approximate surface area is 94.7 Å². The van der Waals surface area contributed by atoms with Crippen molar-refractivity contribution in [3.8, 4) is 0 Å². The first-order valence-electron chi connectivity index (χ1n) is 3.76. The van der Waals surface area contributed by atoms with Crippen molar-refractivity contribution in [2.24, 2.45) is 0 Å². The molecule has 1 rings (SSSR count). The number of rotatable bonds is 1. The van der Waals surface area contributed by atoms with Gasteiger partial charge < -0.3 is 0 Å². The molecule has 0 unspecified atom stereocenters. The molecule has 0 saturated heterocycles. The van der Waals surface area contributed by atoms with Crippen LogP contribution in [0.25, 0.3) is 0 Å². The van der Waals surface area contributed by atoms with Gasteiger partial charge in [-0.15, -0.1) is 6.42 Å². The van der Waals surface area contributed by atoms with Crippen molar-refractivity contribution in [2.45, 2.75) is 26.1 Å². The Morgan fingerprint density at radius 3 is 2.08 bits per heavy atom. The zero-order valence-corrected chi connectivity index (χ0v) is 12.6. The number of hydrogen-bond donors (Lipinski definition) is 0. The van der Waals surface area contributed by atoms with Gasteiger partial charge in [-0.25, -0.2) is 11.3 Å². The first-order chi connectivity index (χ1) is 5.52. The van der Waals surface area contributed by atoms with Crippen LogP contribution in [-0.2, 0) is 20.8 Å². The molecule has 0 fully saturated rings. The van der Waals surface area contributed by atoms with E-state index >= 15 is 0 Å². The summed E-state index contributed by atoms with van der Waals surface area (Å²) < 4.78 is 0. The van der Waals surface area contributed by atoms with Crippen LogP contribution in [0.1, 0.15) is 6.42 Å². The summed E-state index contributed by atoms with van der Waals surface area (Å²) in [4.78, 5) is 0. The standard InChI is InChI=1S/C8H13Si.2ClH.Zr/c1-9(2,3)8-6-4-5-7-8;;;/h4,6H,5H2,1-3H3;2*1H;/q-1;;;+2/p-2. The zero-order valence-electron chi connectivity index (χ0n) is 7.62. The molecule has 4 heteroatoms. The second kappa shape index (κ2) is 6.59. The first-order valence-corrected chi connectivity index (χ1v) is 13.6. The third kappa shape index (κ3) is 5.75. The third-order valence-corrected chi connectivity index (χ3v) is 3.46. The van der Waals surface area contributed by atoms with Gasteiger partial charge in [0.1, 0.15) is 0 Å². The molecular formula is C8H13Cl2SiZr-. The molecule has 0 aromatic rings. The molecule has 0 bridgehead atoms. The summed E-state index contributed by atoms with van der Waals surface area (Å²) >= 11 is -0.826. The van der Waals surface area contributed by atoms with E-state index in [-0.39, 0.29) is 0 Å². The minimum absolute atomic E-state index is 0.826. The summed E-state index contributed by atoms with van der Waals surface area (Å²) in [6.07, 6.45) is 8.82. The predicted molar refractivity (Wildman–Crippen MR) is 55.6 cm³/mol. The summed E-state index contributed by atoms with van der Waals surface area (Å²) in [5, 5.41) is 1.49. The molecule has 0 nitrogen and oxygen atoms in total. The van der Waals surface area contributed by atoms with Gasteiger partial charge in [0.05, 0.1) is 0 Å². The quantitative estimate of drug-likeness (QED) is 0.508. The molecule has 0 aromatic carbocycles. The Balaban J connectivity index is 0.000000354. The molecule has 0 heterocycles. The second-order valence-electron chi connectivity index (χ2n) is 3.52. The summed E-state index contributed by atoms with van der Waals surface area (Å²) in [6, 6.07) is 0. The zero-order chi connectivity index (χ0) is 9.61. The van der Waals surface area contributed by atoms with Crippen LogP contribution in [0.15, 0.2) is 17.3 Å². The fourth-order valence-electron chi connectivity index (χ4n) is 0.920. The van der Waals surface area contributed by atoms with Crippen LogP contribution in [0.3, 0.4) is 0 Å². The van der Waals surface area contributed by atoms with E-state index in [0.717, 1.165) is 6.42 Å². The molecule has 0 N–H and O–H groups in total. The molecule has 0 atom stereocenters. The summed E-state index contributed by atoms with van der Waals surface area (Å²) in [5.74, 6) is 0.